The van der Waals surface area contributed by atoms with E-state index in [0.29, 0.717) is 5.17 Å². The lowest BCUT2D eigenvalue weighted by atomic mass is 10.3. The quantitative estimate of drug-likeness (QED) is 0.902. The Labute approximate surface area is 109 Å². The molecule has 0 aromatic heterocycles. The lowest BCUT2D eigenvalue weighted by Gasteiger charge is -2.07. The predicted octanol–water partition coefficient (Wildman–Crippen LogP) is 1.72. The predicted molar refractivity (Wildman–Crippen MR) is 69.9 cm³/mol. The van der Waals surface area contributed by atoms with Gasteiger partial charge in [0.1, 0.15) is 5.25 Å². The van der Waals surface area contributed by atoms with Crippen molar-refractivity contribution in [2.45, 2.75) is 11.7 Å². The molecule has 1 unspecified atom stereocenters. The van der Waals surface area contributed by atoms with Gasteiger partial charge in [-0.2, -0.15) is 0 Å². The fraction of sp³-hybridized carbons (Fsp3) is 0.250. The first-order valence-electron chi connectivity index (χ1n) is 5.37. The number of hydrogen-bond acceptors (Lipinski definition) is 4. The van der Waals surface area contributed by atoms with E-state index in [4.69, 9.17) is 5.11 Å². The molecule has 1 saturated heterocycles. The number of carboxylic acid groups (broad SMARTS) is 1. The van der Waals surface area contributed by atoms with E-state index in [1.54, 1.807) is 7.05 Å². The fourth-order valence-electron chi connectivity index (χ4n) is 1.57. The van der Waals surface area contributed by atoms with Crippen molar-refractivity contribution in [2.75, 3.05) is 7.05 Å². The second-order valence-corrected chi connectivity index (χ2v) is 5.00. The Hall–Kier alpha value is -1.82. The van der Waals surface area contributed by atoms with Gasteiger partial charge >= 0.3 is 5.97 Å². The summed E-state index contributed by atoms with van der Waals surface area (Å²) in [6.45, 7) is 0. The number of hydrogen-bond donors (Lipinski definition) is 1. The third kappa shape index (κ3) is 2.70. The normalized spacial score (nSPS) is 21.6. The van der Waals surface area contributed by atoms with Crippen molar-refractivity contribution >= 4 is 34.5 Å². The highest BCUT2D eigenvalue weighted by atomic mass is 32.2. The number of aliphatic carboxylic acids is 1. The van der Waals surface area contributed by atoms with Crippen molar-refractivity contribution in [3.63, 3.8) is 0 Å². The zero-order chi connectivity index (χ0) is 13.1. The highest BCUT2D eigenvalue weighted by molar-refractivity contribution is 8.15. The van der Waals surface area contributed by atoms with E-state index in [-0.39, 0.29) is 12.3 Å². The number of carboxylic acids is 1. The average molecular weight is 264 g/mol. The van der Waals surface area contributed by atoms with Crippen LogP contribution in [0.3, 0.4) is 0 Å². The lowest BCUT2D eigenvalue weighted by Crippen LogP contribution is -2.28. The van der Waals surface area contributed by atoms with Crippen molar-refractivity contribution in [3.05, 3.63) is 30.3 Å². The molecule has 1 aromatic rings. The highest BCUT2D eigenvalue weighted by Crippen LogP contribution is 2.30. The number of carbonyl (C=O) groups excluding carboxylic acids is 1. The monoisotopic (exact) mass is 264 g/mol. The van der Waals surface area contributed by atoms with E-state index in [2.05, 4.69) is 4.99 Å². The van der Waals surface area contributed by atoms with Crippen LogP contribution in [-0.2, 0) is 9.59 Å². The molecule has 1 aliphatic rings. The van der Waals surface area contributed by atoms with Gasteiger partial charge in [0.05, 0.1) is 12.1 Å². The Kier molecular flexibility index (Phi) is 3.66. The number of aliphatic imine (C=N–C) groups is 1. The van der Waals surface area contributed by atoms with Crippen molar-refractivity contribution in [1.29, 1.82) is 0 Å². The Bertz CT molecular complexity index is 501. The average Bonchev–Trinajstić information content (AvgIpc) is 2.58. The SMILES string of the molecule is CN1C(=O)C(CC(=O)O)SC1=Nc1ccccc1. The van der Waals surface area contributed by atoms with Crippen molar-refractivity contribution in [2.24, 2.45) is 4.99 Å². The van der Waals surface area contributed by atoms with Gasteiger partial charge in [0.25, 0.3) is 0 Å². The molecule has 0 saturated carbocycles. The van der Waals surface area contributed by atoms with Gasteiger partial charge in [0.15, 0.2) is 5.17 Å². The Balaban J connectivity index is 2.18. The van der Waals surface area contributed by atoms with E-state index in [0.717, 1.165) is 5.69 Å². The molecule has 18 heavy (non-hydrogen) atoms. The van der Waals surface area contributed by atoms with Gasteiger partial charge in [-0.3, -0.25) is 14.5 Å². The third-order valence-corrected chi connectivity index (χ3v) is 3.71. The van der Waals surface area contributed by atoms with Crippen LogP contribution in [-0.4, -0.2) is 39.3 Å². The molecular formula is C12H12N2O3S. The number of thioether (sulfide) groups is 1. The van der Waals surface area contributed by atoms with E-state index < -0.39 is 11.2 Å². The van der Waals surface area contributed by atoms with Gasteiger partial charge in [0, 0.05) is 7.05 Å². The maximum atomic E-state index is 11.8. The first kappa shape index (κ1) is 12.6. The van der Waals surface area contributed by atoms with Gasteiger partial charge in [-0.1, -0.05) is 30.0 Å². The van der Waals surface area contributed by atoms with Gasteiger partial charge in [-0.25, -0.2) is 4.99 Å². The number of nitrogens with zero attached hydrogens (tertiary/aromatic N) is 2. The molecule has 1 aliphatic heterocycles. The molecule has 5 nitrogen and oxygen atoms in total. The highest BCUT2D eigenvalue weighted by Gasteiger charge is 2.36. The zero-order valence-corrected chi connectivity index (χ0v) is 10.6. The van der Waals surface area contributed by atoms with Gasteiger partial charge in [-0.15, -0.1) is 0 Å². The van der Waals surface area contributed by atoms with Crippen LogP contribution in [0.25, 0.3) is 0 Å². The minimum atomic E-state index is -0.977. The smallest absolute Gasteiger partial charge is 0.305 e. The van der Waals surface area contributed by atoms with Crippen LogP contribution in [0.15, 0.2) is 35.3 Å². The Morgan fingerprint density at radius 3 is 2.72 bits per heavy atom. The molecule has 1 N–H and O–H groups in total. The van der Waals surface area contributed by atoms with Crippen LogP contribution in [0.5, 0.6) is 0 Å². The largest absolute Gasteiger partial charge is 0.481 e. The van der Waals surface area contributed by atoms with Crippen molar-refractivity contribution < 1.29 is 14.7 Å². The molecule has 0 spiro atoms. The fourth-order valence-corrected chi connectivity index (χ4v) is 2.71. The zero-order valence-electron chi connectivity index (χ0n) is 9.74. The molecule has 1 atom stereocenters. The third-order valence-electron chi connectivity index (χ3n) is 2.48. The number of amidine groups is 1. The molecule has 2 rings (SSSR count). The minimum Gasteiger partial charge on any atom is -0.481 e. The maximum Gasteiger partial charge on any atom is 0.305 e. The molecule has 0 bridgehead atoms. The van der Waals surface area contributed by atoms with Crippen LogP contribution < -0.4 is 0 Å². The van der Waals surface area contributed by atoms with Gasteiger partial charge < -0.3 is 5.11 Å². The number of amides is 1. The van der Waals surface area contributed by atoms with Crippen LogP contribution in [0.1, 0.15) is 6.42 Å². The van der Waals surface area contributed by atoms with E-state index in [1.807, 2.05) is 30.3 Å². The number of carbonyl (C=O) groups is 2. The number of benzene rings is 1. The summed E-state index contributed by atoms with van der Waals surface area (Å²) >= 11 is 1.20. The summed E-state index contributed by atoms with van der Waals surface area (Å²) in [4.78, 5) is 28.2. The molecular weight excluding hydrogens is 252 g/mol. The topological polar surface area (TPSA) is 70.0 Å². The summed E-state index contributed by atoms with van der Waals surface area (Å²) in [5.74, 6) is -1.19. The molecule has 1 aromatic carbocycles. The van der Waals surface area contributed by atoms with E-state index >= 15 is 0 Å². The summed E-state index contributed by atoms with van der Waals surface area (Å²) in [6.07, 6.45) is -0.179. The van der Waals surface area contributed by atoms with Gasteiger partial charge in [-0.05, 0) is 12.1 Å². The second-order valence-electron chi connectivity index (χ2n) is 3.83. The number of para-hydroxylation sites is 1. The van der Waals surface area contributed by atoms with Crippen molar-refractivity contribution in [3.8, 4) is 0 Å². The summed E-state index contributed by atoms with van der Waals surface area (Å²) in [5.41, 5.74) is 0.746. The standard InChI is InChI=1S/C12H12N2O3S/c1-14-11(17)9(7-10(15)16)18-12(14)13-8-5-3-2-4-6-8/h2-6,9H,7H2,1H3,(H,15,16). The Morgan fingerprint density at radius 1 is 1.44 bits per heavy atom. The molecule has 1 amide bonds. The van der Waals surface area contributed by atoms with E-state index in [9.17, 15) is 9.59 Å². The summed E-state index contributed by atoms with van der Waals surface area (Å²) in [7, 11) is 1.61. The van der Waals surface area contributed by atoms with E-state index in [1.165, 1.54) is 16.7 Å². The van der Waals surface area contributed by atoms with Crippen molar-refractivity contribution in [1.82, 2.24) is 4.90 Å². The van der Waals surface area contributed by atoms with Crippen LogP contribution in [0.4, 0.5) is 5.69 Å². The van der Waals surface area contributed by atoms with Crippen LogP contribution in [0.2, 0.25) is 0 Å². The molecule has 1 heterocycles. The second kappa shape index (κ2) is 5.22. The van der Waals surface area contributed by atoms with Crippen LogP contribution >= 0.6 is 11.8 Å². The molecule has 0 radical (unpaired) electrons. The molecule has 1 fully saturated rings. The molecule has 94 valence electrons. The minimum absolute atomic E-state index is 0.179. The lowest BCUT2D eigenvalue weighted by molar-refractivity contribution is -0.139. The molecule has 6 heteroatoms. The summed E-state index contributed by atoms with van der Waals surface area (Å²) < 4.78 is 0. The Morgan fingerprint density at radius 2 is 2.11 bits per heavy atom. The summed E-state index contributed by atoms with van der Waals surface area (Å²) in [5, 5.41) is 8.70. The maximum absolute atomic E-state index is 11.8. The summed E-state index contributed by atoms with van der Waals surface area (Å²) in [6, 6.07) is 9.26. The van der Waals surface area contributed by atoms with Crippen LogP contribution in [0, 0.1) is 0 Å². The molecule has 0 aliphatic carbocycles. The number of rotatable bonds is 3. The first-order valence-corrected chi connectivity index (χ1v) is 6.25. The van der Waals surface area contributed by atoms with Gasteiger partial charge in [0.2, 0.25) is 5.91 Å². The first-order chi connectivity index (χ1) is 8.58.